The molecule has 0 spiro atoms. The van der Waals surface area contributed by atoms with E-state index in [9.17, 15) is 5.11 Å². The van der Waals surface area contributed by atoms with E-state index in [4.69, 9.17) is 10.5 Å². The monoisotopic (exact) mass is 195 g/mol. The van der Waals surface area contributed by atoms with Crippen molar-refractivity contribution in [3.05, 3.63) is 29.8 Å². The van der Waals surface area contributed by atoms with Gasteiger partial charge >= 0.3 is 0 Å². The second kappa shape index (κ2) is 5.62. The Morgan fingerprint density at radius 2 is 2.29 bits per heavy atom. The highest BCUT2D eigenvalue weighted by molar-refractivity contribution is 5.29. The highest BCUT2D eigenvalue weighted by Crippen LogP contribution is 2.22. The Kier molecular flexibility index (Phi) is 4.43. The molecule has 14 heavy (non-hydrogen) atoms. The zero-order valence-electron chi connectivity index (χ0n) is 8.44. The Hall–Kier alpha value is -1.06. The zero-order chi connectivity index (χ0) is 10.4. The lowest BCUT2D eigenvalue weighted by Gasteiger charge is -2.15. The number of phenolic OH excluding ortho intramolecular Hbond substituents is 1. The fourth-order valence-corrected chi connectivity index (χ4v) is 1.53. The normalized spacial score (nSPS) is 12.7. The Labute approximate surface area is 84.5 Å². The van der Waals surface area contributed by atoms with Gasteiger partial charge in [-0.05, 0) is 30.7 Å². The first-order chi connectivity index (χ1) is 6.77. The third-order valence-corrected chi connectivity index (χ3v) is 2.22. The van der Waals surface area contributed by atoms with E-state index in [-0.39, 0.29) is 5.92 Å². The molecule has 0 bridgehead atoms. The zero-order valence-corrected chi connectivity index (χ0v) is 8.44. The SMILES string of the molecule is COCC(CCN)c1cccc(O)c1. The van der Waals surface area contributed by atoms with Crippen molar-refractivity contribution in [2.75, 3.05) is 20.3 Å². The van der Waals surface area contributed by atoms with Crippen LogP contribution in [0.4, 0.5) is 0 Å². The highest BCUT2D eigenvalue weighted by Gasteiger charge is 2.10. The van der Waals surface area contributed by atoms with E-state index in [0.29, 0.717) is 18.9 Å². The summed E-state index contributed by atoms with van der Waals surface area (Å²) < 4.78 is 5.11. The van der Waals surface area contributed by atoms with Gasteiger partial charge in [0.1, 0.15) is 5.75 Å². The van der Waals surface area contributed by atoms with Gasteiger partial charge in [-0.2, -0.15) is 0 Å². The van der Waals surface area contributed by atoms with Crippen LogP contribution < -0.4 is 5.73 Å². The van der Waals surface area contributed by atoms with Crippen molar-refractivity contribution in [2.24, 2.45) is 5.73 Å². The molecule has 3 N–H and O–H groups in total. The van der Waals surface area contributed by atoms with Gasteiger partial charge in [-0.1, -0.05) is 12.1 Å². The van der Waals surface area contributed by atoms with Crippen molar-refractivity contribution in [1.82, 2.24) is 0 Å². The number of ether oxygens (including phenoxy) is 1. The van der Waals surface area contributed by atoms with E-state index in [1.807, 2.05) is 12.1 Å². The maximum absolute atomic E-state index is 9.33. The summed E-state index contributed by atoms with van der Waals surface area (Å²) in [5.41, 5.74) is 6.60. The van der Waals surface area contributed by atoms with Crippen LogP contribution >= 0.6 is 0 Å². The fourth-order valence-electron chi connectivity index (χ4n) is 1.53. The van der Waals surface area contributed by atoms with Gasteiger partial charge in [0.2, 0.25) is 0 Å². The van der Waals surface area contributed by atoms with E-state index in [2.05, 4.69) is 0 Å². The predicted octanol–water partition coefficient (Wildman–Crippen LogP) is 1.47. The minimum atomic E-state index is 0.275. The largest absolute Gasteiger partial charge is 0.508 e. The van der Waals surface area contributed by atoms with Crippen LogP contribution in [0.5, 0.6) is 5.75 Å². The Morgan fingerprint density at radius 3 is 2.86 bits per heavy atom. The van der Waals surface area contributed by atoms with Crippen LogP contribution in [0, 0.1) is 0 Å². The van der Waals surface area contributed by atoms with Gasteiger partial charge in [-0.15, -0.1) is 0 Å². The molecule has 1 aromatic rings. The third kappa shape index (κ3) is 3.01. The van der Waals surface area contributed by atoms with Crippen LogP contribution in [-0.2, 0) is 4.74 Å². The minimum Gasteiger partial charge on any atom is -0.508 e. The summed E-state index contributed by atoms with van der Waals surface area (Å²) in [6, 6.07) is 7.25. The second-order valence-corrected chi connectivity index (χ2v) is 3.32. The number of methoxy groups -OCH3 is 1. The Bertz CT molecular complexity index is 270. The number of aromatic hydroxyl groups is 1. The first-order valence-corrected chi connectivity index (χ1v) is 4.76. The molecule has 0 amide bonds. The summed E-state index contributed by atoms with van der Waals surface area (Å²) in [5, 5.41) is 9.33. The fraction of sp³-hybridized carbons (Fsp3) is 0.455. The first kappa shape index (κ1) is 11.0. The quantitative estimate of drug-likeness (QED) is 0.748. The number of phenols is 1. The van der Waals surface area contributed by atoms with Crippen LogP contribution in [0.15, 0.2) is 24.3 Å². The van der Waals surface area contributed by atoms with E-state index in [1.54, 1.807) is 19.2 Å². The molecule has 1 unspecified atom stereocenters. The predicted molar refractivity (Wildman–Crippen MR) is 56.4 cm³/mol. The van der Waals surface area contributed by atoms with Crippen molar-refractivity contribution < 1.29 is 9.84 Å². The number of hydrogen-bond donors (Lipinski definition) is 2. The van der Waals surface area contributed by atoms with E-state index in [1.165, 1.54) is 0 Å². The van der Waals surface area contributed by atoms with Crippen molar-refractivity contribution in [3.63, 3.8) is 0 Å². The summed E-state index contributed by atoms with van der Waals surface area (Å²) in [7, 11) is 1.67. The second-order valence-electron chi connectivity index (χ2n) is 3.32. The molecular formula is C11H17NO2. The molecule has 1 atom stereocenters. The van der Waals surface area contributed by atoms with Crippen molar-refractivity contribution >= 4 is 0 Å². The van der Waals surface area contributed by atoms with Crippen LogP contribution in [0.1, 0.15) is 17.9 Å². The van der Waals surface area contributed by atoms with Gasteiger partial charge in [-0.25, -0.2) is 0 Å². The summed E-state index contributed by atoms with van der Waals surface area (Å²) >= 11 is 0. The summed E-state index contributed by atoms with van der Waals surface area (Å²) in [6.07, 6.45) is 0.872. The topological polar surface area (TPSA) is 55.5 Å². The van der Waals surface area contributed by atoms with Gasteiger partial charge in [0.15, 0.2) is 0 Å². The van der Waals surface area contributed by atoms with Crippen LogP contribution in [0.25, 0.3) is 0 Å². The lowest BCUT2D eigenvalue weighted by molar-refractivity contribution is 0.176. The lowest BCUT2D eigenvalue weighted by Crippen LogP contribution is -2.12. The molecule has 0 aromatic heterocycles. The summed E-state index contributed by atoms with van der Waals surface area (Å²) in [4.78, 5) is 0. The van der Waals surface area contributed by atoms with Gasteiger partial charge < -0.3 is 15.6 Å². The van der Waals surface area contributed by atoms with E-state index >= 15 is 0 Å². The van der Waals surface area contributed by atoms with Gasteiger partial charge in [0.25, 0.3) is 0 Å². The standard InChI is InChI=1S/C11H17NO2/c1-14-8-10(5-6-12)9-3-2-4-11(13)7-9/h2-4,7,10,13H,5-6,8,12H2,1H3. The van der Waals surface area contributed by atoms with Crippen molar-refractivity contribution in [2.45, 2.75) is 12.3 Å². The Morgan fingerprint density at radius 1 is 1.50 bits per heavy atom. The first-order valence-electron chi connectivity index (χ1n) is 4.76. The van der Waals surface area contributed by atoms with Crippen LogP contribution in [0.3, 0.4) is 0 Å². The lowest BCUT2D eigenvalue weighted by atomic mass is 9.96. The van der Waals surface area contributed by atoms with Crippen molar-refractivity contribution in [3.8, 4) is 5.75 Å². The minimum absolute atomic E-state index is 0.275. The van der Waals surface area contributed by atoms with Crippen LogP contribution in [0.2, 0.25) is 0 Å². The number of rotatable bonds is 5. The summed E-state index contributed by atoms with van der Waals surface area (Å²) in [6.45, 7) is 1.27. The number of nitrogens with two attached hydrogens (primary N) is 1. The van der Waals surface area contributed by atoms with E-state index < -0.39 is 0 Å². The molecule has 78 valence electrons. The molecule has 3 nitrogen and oxygen atoms in total. The maximum atomic E-state index is 9.33. The summed E-state index contributed by atoms with van der Waals surface area (Å²) in [5.74, 6) is 0.567. The molecular weight excluding hydrogens is 178 g/mol. The van der Waals surface area contributed by atoms with Gasteiger partial charge in [0, 0.05) is 13.0 Å². The van der Waals surface area contributed by atoms with Gasteiger partial charge in [0.05, 0.1) is 6.61 Å². The molecule has 0 heterocycles. The molecule has 0 aliphatic heterocycles. The molecule has 0 saturated heterocycles. The molecule has 3 heteroatoms. The van der Waals surface area contributed by atoms with Crippen LogP contribution in [-0.4, -0.2) is 25.4 Å². The molecule has 1 rings (SSSR count). The number of hydrogen-bond acceptors (Lipinski definition) is 3. The molecule has 0 aliphatic carbocycles. The molecule has 1 aromatic carbocycles. The Balaban J connectivity index is 2.75. The third-order valence-electron chi connectivity index (χ3n) is 2.22. The molecule has 0 fully saturated rings. The molecule has 0 radical (unpaired) electrons. The average Bonchev–Trinajstić information content (AvgIpc) is 2.17. The highest BCUT2D eigenvalue weighted by atomic mass is 16.5. The smallest absolute Gasteiger partial charge is 0.115 e. The molecule has 0 saturated carbocycles. The number of benzene rings is 1. The maximum Gasteiger partial charge on any atom is 0.115 e. The van der Waals surface area contributed by atoms with E-state index in [0.717, 1.165) is 12.0 Å². The van der Waals surface area contributed by atoms with Gasteiger partial charge in [-0.3, -0.25) is 0 Å². The average molecular weight is 195 g/mol. The van der Waals surface area contributed by atoms with Crippen molar-refractivity contribution in [1.29, 1.82) is 0 Å². The molecule has 0 aliphatic rings.